The second-order valence-corrected chi connectivity index (χ2v) is 4.32. The summed E-state index contributed by atoms with van der Waals surface area (Å²) in [6.07, 6.45) is 4.21. The number of pyridine rings is 1. The first-order chi connectivity index (χ1) is 9.61. The minimum Gasteiger partial charge on any atom is -0.386 e. The van der Waals surface area contributed by atoms with Crippen LogP contribution in [0.2, 0.25) is 0 Å². The predicted octanol–water partition coefficient (Wildman–Crippen LogP) is 0.320. The fraction of sp³-hybridized carbons (Fsp3) is 0.308. The van der Waals surface area contributed by atoms with Crippen molar-refractivity contribution in [1.82, 2.24) is 20.1 Å². The fourth-order valence-electron chi connectivity index (χ4n) is 1.79. The maximum Gasteiger partial charge on any atom is 0.254 e. The fourth-order valence-corrected chi connectivity index (χ4v) is 1.79. The number of aliphatic hydroxyl groups is 1. The molecule has 0 fully saturated rings. The van der Waals surface area contributed by atoms with E-state index in [-0.39, 0.29) is 12.5 Å². The standard InChI is InChI=1S/C13H17N5O2/c1-14-13(20)10-4-3-5-15-12(10)16-7-11(19)9-6-17-18(2)8-9/h3-6,8,11,19H,7H2,1-2H3,(H,14,20)(H,15,16). The SMILES string of the molecule is CNC(=O)c1cccnc1NCC(O)c1cnn(C)c1. The van der Waals surface area contributed by atoms with Crippen molar-refractivity contribution in [3.63, 3.8) is 0 Å². The van der Waals surface area contributed by atoms with E-state index in [1.807, 2.05) is 0 Å². The molecule has 20 heavy (non-hydrogen) atoms. The van der Waals surface area contributed by atoms with E-state index in [1.165, 1.54) is 0 Å². The Morgan fingerprint density at radius 1 is 1.55 bits per heavy atom. The number of aromatic nitrogens is 3. The Morgan fingerprint density at radius 2 is 2.35 bits per heavy atom. The van der Waals surface area contributed by atoms with Crippen molar-refractivity contribution in [2.45, 2.75) is 6.10 Å². The highest BCUT2D eigenvalue weighted by Gasteiger charge is 2.13. The Balaban J connectivity index is 2.05. The van der Waals surface area contributed by atoms with Gasteiger partial charge in [0.25, 0.3) is 5.91 Å². The van der Waals surface area contributed by atoms with E-state index in [1.54, 1.807) is 49.5 Å². The number of hydrogen-bond donors (Lipinski definition) is 3. The first-order valence-corrected chi connectivity index (χ1v) is 6.19. The third-order valence-corrected chi connectivity index (χ3v) is 2.85. The molecule has 0 aliphatic heterocycles. The number of aryl methyl sites for hydroxylation is 1. The average Bonchev–Trinajstić information content (AvgIpc) is 2.91. The highest BCUT2D eigenvalue weighted by atomic mass is 16.3. The number of rotatable bonds is 5. The van der Waals surface area contributed by atoms with Crippen LogP contribution in [0.25, 0.3) is 0 Å². The van der Waals surface area contributed by atoms with Gasteiger partial charge in [-0.2, -0.15) is 5.10 Å². The molecule has 3 N–H and O–H groups in total. The molecule has 2 heterocycles. The van der Waals surface area contributed by atoms with Crippen LogP contribution in [0.1, 0.15) is 22.0 Å². The van der Waals surface area contributed by atoms with Crippen molar-refractivity contribution < 1.29 is 9.90 Å². The highest BCUT2D eigenvalue weighted by molar-refractivity contribution is 5.98. The summed E-state index contributed by atoms with van der Waals surface area (Å²) in [6, 6.07) is 3.36. The monoisotopic (exact) mass is 275 g/mol. The van der Waals surface area contributed by atoms with Crippen molar-refractivity contribution in [1.29, 1.82) is 0 Å². The third kappa shape index (κ3) is 3.12. The van der Waals surface area contributed by atoms with Crippen LogP contribution in [0, 0.1) is 0 Å². The zero-order valence-electron chi connectivity index (χ0n) is 11.4. The van der Waals surface area contributed by atoms with E-state index in [9.17, 15) is 9.90 Å². The van der Waals surface area contributed by atoms with Gasteiger partial charge in [0.05, 0.1) is 17.9 Å². The van der Waals surface area contributed by atoms with Crippen molar-refractivity contribution >= 4 is 11.7 Å². The Morgan fingerprint density at radius 3 is 3.00 bits per heavy atom. The molecule has 0 radical (unpaired) electrons. The summed E-state index contributed by atoms with van der Waals surface area (Å²) in [6.45, 7) is 0.243. The van der Waals surface area contributed by atoms with Gasteiger partial charge in [-0.1, -0.05) is 0 Å². The number of amides is 1. The summed E-state index contributed by atoms with van der Waals surface area (Å²) in [4.78, 5) is 15.8. The lowest BCUT2D eigenvalue weighted by molar-refractivity contribution is 0.0963. The summed E-state index contributed by atoms with van der Waals surface area (Å²) in [5.74, 6) is 0.214. The van der Waals surface area contributed by atoms with Crippen LogP contribution >= 0.6 is 0 Å². The quantitative estimate of drug-likeness (QED) is 0.731. The topological polar surface area (TPSA) is 92.1 Å². The van der Waals surface area contributed by atoms with Gasteiger partial charge in [0, 0.05) is 38.6 Å². The lowest BCUT2D eigenvalue weighted by Gasteiger charge is -2.13. The first kappa shape index (κ1) is 14.0. The molecule has 0 bridgehead atoms. The number of nitrogens with zero attached hydrogens (tertiary/aromatic N) is 3. The van der Waals surface area contributed by atoms with Crippen LogP contribution in [-0.4, -0.2) is 39.4 Å². The van der Waals surface area contributed by atoms with Crippen LogP contribution in [0.4, 0.5) is 5.82 Å². The molecular formula is C13H17N5O2. The molecule has 0 saturated heterocycles. The number of carbonyl (C=O) groups excluding carboxylic acids is 1. The van der Waals surface area contributed by atoms with Crippen LogP contribution in [0.5, 0.6) is 0 Å². The largest absolute Gasteiger partial charge is 0.386 e. The van der Waals surface area contributed by atoms with Crippen molar-refractivity contribution in [3.05, 3.63) is 41.9 Å². The zero-order valence-corrected chi connectivity index (χ0v) is 11.4. The molecule has 2 aromatic heterocycles. The van der Waals surface area contributed by atoms with E-state index in [4.69, 9.17) is 0 Å². The van der Waals surface area contributed by atoms with Gasteiger partial charge in [0.1, 0.15) is 5.82 Å². The second-order valence-electron chi connectivity index (χ2n) is 4.32. The molecule has 2 rings (SSSR count). The molecule has 7 nitrogen and oxygen atoms in total. The average molecular weight is 275 g/mol. The van der Waals surface area contributed by atoms with Gasteiger partial charge in [-0.05, 0) is 12.1 Å². The molecule has 2 aromatic rings. The van der Waals surface area contributed by atoms with E-state index < -0.39 is 6.10 Å². The minimum absolute atomic E-state index is 0.225. The number of anilines is 1. The molecule has 1 unspecified atom stereocenters. The van der Waals surface area contributed by atoms with Gasteiger partial charge >= 0.3 is 0 Å². The molecule has 106 valence electrons. The van der Waals surface area contributed by atoms with Crippen LogP contribution in [-0.2, 0) is 7.05 Å². The summed E-state index contributed by atoms with van der Waals surface area (Å²) >= 11 is 0. The number of nitrogens with one attached hydrogen (secondary N) is 2. The Bertz CT molecular complexity index is 596. The smallest absolute Gasteiger partial charge is 0.254 e. The van der Waals surface area contributed by atoms with E-state index in [2.05, 4.69) is 20.7 Å². The molecule has 0 aliphatic carbocycles. The lowest BCUT2D eigenvalue weighted by atomic mass is 10.2. The normalized spacial score (nSPS) is 11.9. The molecule has 1 atom stereocenters. The van der Waals surface area contributed by atoms with Gasteiger partial charge < -0.3 is 15.7 Å². The third-order valence-electron chi connectivity index (χ3n) is 2.85. The molecule has 7 heteroatoms. The zero-order chi connectivity index (χ0) is 14.5. The highest BCUT2D eigenvalue weighted by Crippen LogP contribution is 2.15. The van der Waals surface area contributed by atoms with Crippen LogP contribution < -0.4 is 10.6 Å². The molecule has 0 saturated carbocycles. The number of aliphatic hydroxyl groups excluding tert-OH is 1. The minimum atomic E-state index is -0.719. The maximum atomic E-state index is 11.7. The molecular weight excluding hydrogens is 258 g/mol. The molecule has 0 spiro atoms. The van der Waals surface area contributed by atoms with E-state index >= 15 is 0 Å². The van der Waals surface area contributed by atoms with Crippen molar-refractivity contribution in [3.8, 4) is 0 Å². The molecule has 1 amide bonds. The van der Waals surface area contributed by atoms with E-state index in [0.29, 0.717) is 16.9 Å². The maximum absolute atomic E-state index is 11.7. The van der Waals surface area contributed by atoms with E-state index in [0.717, 1.165) is 0 Å². The summed E-state index contributed by atoms with van der Waals surface area (Å²) in [5.41, 5.74) is 1.14. The molecule has 0 aromatic carbocycles. The second kappa shape index (κ2) is 6.16. The number of hydrogen-bond acceptors (Lipinski definition) is 5. The first-order valence-electron chi connectivity index (χ1n) is 6.19. The van der Waals surface area contributed by atoms with Crippen molar-refractivity contribution in [2.24, 2.45) is 7.05 Å². The van der Waals surface area contributed by atoms with Gasteiger partial charge in [0.2, 0.25) is 0 Å². The Labute approximate surface area is 116 Å². The van der Waals surface area contributed by atoms with Crippen LogP contribution in [0.3, 0.4) is 0 Å². The van der Waals surface area contributed by atoms with Gasteiger partial charge in [0.15, 0.2) is 0 Å². The number of carbonyl (C=O) groups is 1. The summed E-state index contributed by atoms with van der Waals surface area (Å²) in [7, 11) is 3.34. The Hall–Kier alpha value is -2.41. The van der Waals surface area contributed by atoms with Crippen molar-refractivity contribution in [2.75, 3.05) is 18.9 Å². The molecule has 0 aliphatic rings. The predicted molar refractivity (Wildman–Crippen MR) is 74.3 cm³/mol. The Kier molecular flexibility index (Phi) is 4.31. The van der Waals surface area contributed by atoms with Gasteiger partial charge in [-0.25, -0.2) is 4.98 Å². The summed E-state index contributed by atoms with van der Waals surface area (Å²) in [5, 5.41) is 19.6. The van der Waals surface area contributed by atoms with Gasteiger partial charge in [-0.3, -0.25) is 9.48 Å². The van der Waals surface area contributed by atoms with Crippen LogP contribution in [0.15, 0.2) is 30.7 Å². The lowest BCUT2D eigenvalue weighted by Crippen LogP contribution is -2.21. The van der Waals surface area contributed by atoms with Gasteiger partial charge in [-0.15, -0.1) is 0 Å². The summed E-state index contributed by atoms with van der Waals surface area (Å²) < 4.78 is 1.62.